The summed E-state index contributed by atoms with van der Waals surface area (Å²) >= 11 is 0. The molecule has 0 saturated carbocycles. The minimum absolute atomic E-state index is 0.00354. The van der Waals surface area contributed by atoms with Crippen molar-refractivity contribution in [3.05, 3.63) is 41.6 Å². The number of nitrogens with zero attached hydrogens (tertiary/aromatic N) is 3. The number of anilines is 3. The average molecular weight is 279 g/mol. The predicted octanol–water partition coefficient (Wildman–Crippen LogP) is 2.69. The Morgan fingerprint density at radius 2 is 1.95 bits per heavy atom. The van der Waals surface area contributed by atoms with Crippen LogP contribution in [-0.4, -0.2) is 9.97 Å². The van der Waals surface area contributed by atoms with Crippen LogP contribution in [-0.2, 0) is 6.18 Å². The number of benzene rings is 1. The molecule has 0 saturated heterocycles. The Hall–Kier alpha value is -2.82. The van der Waals surface area contributed by atoms with Gasteiger partial charge in [-0.1, -0.05) is 12.1 Å². The summed E-state index contributed by atoms with van der Waals surface area (Å²) in [6.45, 7) is 0. The van der Waals surface area contributed by atoms with Crippen LogP contribution in [0, 0.1) is 11.3 Å². The molecule has 0 aliphatic carbocycles. The molecule has 0 aliphatic rings. The fourth-order valence-corrected chi connectivity index (χ4v) is 1.54. The summed E-state index contributed by atoms with van der Waals surface area (Å²) in [6.07, 6.45) is -3.38. The standard InChI is InChI=1S/C12H8F3N5/c13-12(14,15)8-3-1-2-4-9(8)19-10-7(5-16)6-18-11(17)20-10/h1-4,6H,(H3,17,18,19,20). The molecule has 0 atom stereocenters. The van der Waals surface area contributed by atoms with E-state index in [4.69, 9.17) is 11.0 Å². The van der Waals surface area contributed by atoms with E-state index < -0.39 is 11.7 Å². The van der Waals surface area contributed by atoms with Crippen LogP contribution in [0.15, 0.2) is 30.5 Å². The normalized spacial score (nSPS) is 10.9. The summed E-state index contributed by atoms with van der Waals surface area (Å²) in [5.41, 5.74) is 4.29. The maximum absolute atomic E-state index is 12.9. The molecule has 0 fully saturated rings. The summed E-state index contributed by atoms with van der Waals surface area (Å²) in [4.78, 5) is 7.33. The lowest BCUT2D eigenvalue weighted by molar-refractivity contribution is -0.136. The highest BCUT2D eigenvalue weighted by Gasteiger charge is 2.33. The minimum atomic E-state index is -4.52. The molecule has 102 valence electrons. The molecule has 1 heterocycles. The molecule has 2 rings (SSSR count). The van der Waals surface area contributed by atoms with Crippen LogP contribution in [0.25, 0.3) is 0 Å². The van der Waals surface area contributed by atoms with E-state index in [1.165, 1.54) is 18.2 Å². The second-order valence-electron chi connectivity index (χ2n) is 3.77. The first-order valence-electron chi connectivity index (χ1n) is 5.37. The maximum Gasteiger partial charge on any atom is 0.418 e. The predicted molar refractivity (Wildman–Crippen MR) is 65.9 cm³/mol. The monoisotopic (exact) mass is 279 g/mol. The van der Waals surface area contributed by atoms with Crippen molar-refractivity contribution < 1.29 is 13.2 Å². The summed E-state index contributed by atoms with van der Waals surface area (Å²) in [6, 6.07) is 6.65. The van der Waals surface area contributed by atoms with Gasteiger partial charge in [-0.3, -0.25) is 0 Å². The maximum atomic E-state index is 12.9. The smallest absolute Gasteiger partial charge is 0.368 e. The van der Waals surface area contributed by atoms with E-state index in [0.717, 1.165) is 12.3 Å². The number of nitriles is 1. The Labute approximate surface area is 111 Å². The van der Waals surface area contributed by atoms with Crippen molar-refractivity contribution in [3.8, 4) is 6.07 Å². The van der Waals surface area contributed by atoms with E-state index in [0.29, 0.717) is 0 Å². The number of rotatable bonds is 2. The van der Waals surface area contributed by atoms with Crippen molar-refractivity contribution in [2.45, 2.75) is 6.18 Å². The van der Waals surface area contributed by atoms with Crippen LogP contribution in [0.4, 0.5) is 30.6 Å². The number of aromatic nitrogens is 2. The number of nitrogens with two attached hydrogens (primary N) is 1. The topological polar surface area (TPSA) is 87.6 Å². The Bertz CT molecular complexity index is 676. The SMILES string of the molecule is N#Cc1cnc(N)nc1Nc1ccccc1C(F)(F)F. The molecule has 3 N–H and O–H groups in total. The largest absolute Gasteiger partial charge is 0.418 e. The van der Waals surface area contributed by atoms with Gasteiger partial charge in [-0.25, -0.2) is 4.98 Å². The van der Waals surface area contributed by atoms with E-state index in [-0.39, 0.29) is 23.0 Å². The molecule has 1 aromatic heterocycles. The highest BCUT2D eigenvalue weighted by molar-refractivity contribution is 5.66. The molecule has 0 bridgehead atoms. The quantitative estimate of drug-likeness (QED) is 0.882. The first kappa shape index (κ1) is 13.6. The number of hydrogen-bond acceptors (Lipinski definition) is 5. The van der Waals surface area contributed by atoms with E-state index in [9.17, 15) is 13.2 Å². The van der Waals surface area contributed by atoms with Gasteiger partial charge in [-0.2, -0.15) is 23.4 Å². The third kappa shape index (κ3) is 2.77. The van der Waals surface area contributed by atoms with E-state index >= 15 is 0 Å². The van der Waals surface area contributed by atoms with Gasteiger partial charge in [0.25, 0.3) is 0 Å². The van der Waals surface area contributed by atoms with Crippen LogP contribution in [0.3, 0.4) is 0 Å². The van der Waals surface area contributed by atoms with Gasteiger partial charge in [-0.15, -0.1) is 0 Å². The molecule has 0 unspecified atom stereocenters. The van der Waals surface area contributed by atoms with Crippen LogP contribution >= 0.6 is 0 Å². The molecule has 0 radical (unpaired) electrons. The van der Waals surface area contributed by atoms with Crippen LogP contribution in [0.1, 0.15) is 11.1 Å². The van der Waals surface area contributed by atoms with Gasteiger partial charge in [0.1, 0.15) is 11.6 Å². The Balaban J connectivity index is 2.46. The molecule has 1 aromatic carbocycles. The van der Waals surface area contributed by atoms with Gasteiger partial charge in [-0.05, 0) is 12.1 Å². The summed E-state index contributed by atoms with van der Waals surface area (Å²) in [5.74, 6) is -0.215. The lowest BCUT2D eigenvalue weighted by Crippen LogP contribution is -2.10. The Kier molecular flexibility index (Phi) is 3.43. The van der Waals surface area contributed by atoms with Crippen molar-refractivity contribution in [1.82, 2.24) is 9.97 Å². The van der Waals surface area contributed by atoms with Gasteiger partial charge in [0.15, 0.2) is 5.82 Å². The number of nitrogens with one attached hydrogen (secondary N) is 1. The molecular weight excluding hydrogens is 271 g/mol. The number of nitrogen functional groups attached to an aromatic ring is 1. The van der Waals surface area contributed by atoms with Crippen LogP contribution in [0.2, 0.25) is 0 Å². The number of para-hydroxylation sites is 1. The lowest BCUT2D eigenvalue weighted by atomic mass is 10.1. The molecular formula is C12H8F3N5. The lowest BCUT2D eigenvalue weighted by Gasteiger charge is -2.14. The van der Waals surface area contributed by atoms with Gasteiger partial charge in [0.2, 0.25) is 5.95 Å². The first-order chi connectivity index (χ1) is 9.41. The summed E-state index contributed by atoms with van der Waals surface area (Å²) in [7, 11) is 0. The van der Waals surface area contributed by atoms with Crippen LogP contribution < -0.4 is 11.1 Å². The van der Waals surface area contributed by atoms with Crippen molar-refractivity contribution in [3.63, 3.8) is 0 Å². The number of alkyl halides is 3. The Morgan fingerprint density at radius 3 is 2.60 bits per heavy atom. The molecule has 5 nitrogen and oxygen atoms in total. The fourth-order valence-electron chi connectivity index (χ4n) is 1.54. The molecule has 0 spiro atoms. The molecule has 8 heteroatoms. The van der Waals surface area contributed by atoms with Crippen molar-refractivity contribution in [2.75, 3.05) is 11.1 Å². The Morgan fingerprint density at radius 1 is 1.25 bits per heavy atom. The second-order valence-corrected chi connectivity index (χ2v) is 3.77. The third-order valence-electron chi connectivity index (χ3n) is 2.41. The van der Waals surface area contributed by atoms with E-state index in [2.05, 4.69) is 15.3 Å². The zero-order valence-corrected chi connectivity index (χ0v) is 9.94. The average Bonchev–Trinajstić information content (AvgIpc) is 2.38. The zero-order valence-electron chi connectivity index (χ0n) is 9.94. The van der Waals surface area contributed by atoms with Crippen molar-refractivity contribution >= 4 is 17.5 Å². The zero-order chi connectivity index (χ0) is 14.8. The highest BCUT2D eigenvalue weighted by Crippen LogP contribution is 2.35. The van der Waals surface area contributed by atoms with Crippen molar-refractivity contribution in [2.24, 2.45) is 0 Å². The van der Waals surface area contributed by atoms with Gasteiger partial charge in [0.05, 0.1) is 17.4 Å². The van der Waals surface area contributed by atoms with Crippen LogP contribution in [0.5, 0.6) is 0 Å². The summed E-state index contributed by atoms with van der Waals surface area (Å²) < 4.78 is 38.6. The summed E-state index contributed by atoms with van der Waals surface area (Å²) in [5, 5.41) is 11.3. The fraction of sp³-hybridized carbons (Fsp3) is 0.0833. The first-order valence-corrected chi connectivity index (χ1v) is 5.37. The molecule has 2 aromatic rings. The van der Waals surface area contributed by atoms with Crippen molar-refractivity contribution in [1.29, 1.82) is 5.26 Å². The third-order valence-corrected chi connectivity index (χ3v) is 2.41. The van der Waals surface area contributed by atoms with E-state index in [1.807, 2.05) is 0 Å². The molecule has 20 heavy (non-hydrogen) atoms. The number of hydrogen-bond donors (Lipinski definition) is 2. The second kappa shape index (κ2) is 5.05. The van der Waals surface area contributed by atoms with Gasteiger partial charge < -0.3 is 11.1 Å². The van der Waals surface area contributed by atoms with Gasteiger partial charge in [0, 0.05) is 0 Å². The van der Waals surface area contributed by atoms with E-state index in [1.54, 1.807) is 6.07 Å². The van der Waals surface area contributed by atoms with Gasteiger partial charge >= 0.3 is 6.18 Å². The molecule has 0 aliphatic heterocycles. The minimum Gasteiger partial charge on any atom is -0.368 e. The molecule has 0 amide bonds. The number of halogens is 3. The highest BCUT2D eigenvalue weighted by atomic mass is 19.4.